The lowest BCUT2D eigenvalue weighted by Crippen LogP contribution is -2.27. The van der Waals surface area contributed by atoms with Gasteiger partial charge in [-0.15, -0.1) is 0 Å². The van der Waals surface area contributed by atoms with Crippen molar-refractivity contribution < 1.29 is 34.0 Å². The van der Waals surface area contributed by atoms with Crippen molar-refractivity contribution in [1.29, 1.82) is 0 Å². The molecule has 0 spiro atoms. The van der Waals surface area contributed by atoms with Crippen LogP contribution < -0.4 is 0 Å². The molecule has 32 heavy (non-hydrogen) atoms. The molecule has 1 saturated carbocycles. The van der Waals surface area contributed by atoms with E-state index in [4.69, 9.17) is 19.3 Å². The molecule has 1 saturated heterocycles. The van der Waals surface area contributed by atoms with Crippen LogP contribution in [0, 0.1) is 11.8 Å². The molecule has 2 N–H and O–H groups in total. The largest absolute Gasteiger partial charge is 0.509 e. The van der Waals surface area contributed by atoms with Gasteiger partial charge in [-0.25, -0.2) is 4.79 Å². The molecule has 0 aromatic rings. The number of hydrogen-bond donors (Lipinski definition) is 2. The number of aliphatic carboxylic acids is 1. The van der Waals surface area contributed by atoms with Crippen LogP contribution in [0.5, 0.6) is 0 Å². The summed E-state index contributed by atoms with van der Waals surface area (Å²) < 4.78 is 16.9. The summed E-state index contributed by atoms with van der Waals surface area (Å²) in [4.78, 5) is 22.8. The average Bonchev–Trinajstić information content (AvgIpc) is 3.18. The molecule has 0 bridgehead atoms. The smallest absolute Gasteiger partial charge is 0.495 e. The molecule has 1 aliphatic heterocycles. The zero-order valence-corrected chi connectivity index (χ0v) is 19.9. The Hall–Kier alpha value is -2.02. The highest BCUT2D eigenvalue weighted by Crippen LogP contribution is 2.45. The van der Waals surface area contributed by atoms with Crippen LogP contribution in [0.1, 0.15) is 85.5 Å². The molecule has 182 valence electrons. The van der Waals surface area contributed by atoms with Gasteiger partial charge in [-0.1, -0.05) is 25.8 Å². The summed E-state index contributed by atoms with van der Waals surface area (Å²) in [5.41, 5.74) is -0.613. The van der Waals surface area contributed by atoms with Gasteiger partial charge in [-0.2, -0.15) is 0 Å². The van der Waals surface area contributed by atoms with Crippen LogP contribution in [0.2, 0.25) is 0 Å². The number of carboxylic acid groups (broad SMARTS) is 1. The Bertz CT molecular complexity index is 676. The predicted molar refractivity (Wildman–Crippen MR) is 121 cm³/mol. The standard InChI is InChI=1S/C25H40O7/c1-5-6-7-10-17(31-24(29)32-25(2,3)4)13-14-19-20-15-18(11-8-9-12-23(27)28)30-22(20)16-21(19)26/h11,13-14,17,19-22,26H,5-10,12,15-16H2,1-4H3,(H,27,28)/b14-13+,18-11-/t17-,19+,20+,21+,22-/m0/s1. The zero-order valence-electron chi connectivity index (χ0n) is 19.9. The quantitative estimate of drug-likeness (QED) is 0.247. The molecule has 7 heteroatoms. The first-order chi connectivity index (χ1) is 15.1. The molecular weight excluding hydrogens is 412 g/mol. The Kier molecular flexibility index (Phi) is 10.1. The van der Waals surface area contributed by atoms with Crippen molar-refractivity contribution in [2.75, 3.05) is 0 Å². The lowest BCUT2D eigenvalue weighted by molar-refractivity contribution is -0.137. The molecule has 1 aliphatic carbocycles. The normalized spacial score (nSPS) is 27.3. The van der Waals surface area contributed by atoms with Crippen LogP contribution in [0.15, 0.2) is 24.0 Å². The molecule has 2 fully saturated rings. The van der Waals surface area contributed by atoms with E-state index in [2.05, 4.69) is 6.92 Å². The van der Waals surface area contributed by atoms with Gasteiger partial charge in [0.1, 0.15) is 17.8 Å². The molecule has 7 nitrogen and oxygen atoms in total. The number of fused-ring (bicyclic) bond motifs is 1. The highest BCUT2D eigenvalue weighted by molar-refractivity contribution is 5.66. The van der Waals surface area contributed by atoms with E-state index in [1.54, 1.807) is 20.8 Å². The summed E-state index contributed by atoms with van der Waals surface area (Å²) in [6.07, 6.45) is 10.8. The average molecular weight is 453 g/mol. The first-order valence-corrected chi connectivity index (χ1v) is 11.9. The van der Waals surface area contributed by atoms with Gasteiger partial charge >= 0.3 is 12.1 Å². The van der Waals surface area contributed by atoms with E-state index < -0.39 is 29.9 Å². The summed E-state index contributed by atoms with van der Waals surface area (Å²) in [6.45, 7) is 7.54. The van der Waals surface area contributed by atoms with E-state index in [0.29, 0.717) is 25.7 Å². The predicted octanol–water partition coefficient (Wildman–Crippen LogP) is 5.37. The van der Waals surface area contributed by atoms with Crippen LogP contribution in [0.25, 0.3) is 0 Å². The lowest BCUT2D eigenvalue weighted by Gasteiger charge is -2.22. The first-order valence-electron chi connectivity index (χ1n) is 11.9. The number of unbranched alkanes of at least 4 members (excludes halogenated alkanes) is 3. The SMILES string of the molecule is CCCCC[C@@H](/C=C/[C@@H]1[C@H]2C/C(=C/CCCC(=O)O)O[C@H]2C[C@H]1O)OC(=O)OC(C)(C)C. The number of carboxylic acids is 1. The van der Waals surface area contributed by atoms with E-state index in [-0.39, 0.29) is 24.4 Å². The molecule has 2 rings (SSSR count). The fourth-order valence-corrected chi connectivity index (χ4v) is 4.34. The molecule has 0 amide bonds. The maximum atomic E-state index is 12.2. The van der Waals surface area contributed by atoms with Gasteiger partial charge in [0, 0.05) is 31.1 Å². The zero-order chi connectivity index (χ0) is 23.7. The Labute approximate surface area is 191 Å². The number of carbonyl (C=O) groups excluding carboxylic acids is 1. The Morgan fingerprint density at radius 1 is 1.25 bits per heavy atom. The van der Waals surface area contributed by atoms with Crippen molar-refractivity contribution in [3.05, 3.63) is 24.0 Å². The van der Waals surface area contributed by atoms with Gasteiger partial charge in [0.05, 0.1) is 11.9 Å². The topological polar surface area (TPSA) is 102 Å². The van der Waals surface area contributed by atoms with E-state index in [1.165, 1.54) is 0 Å². The lowest BCUT2D eigenvalue weighted by atomic mass is 9.90. The van der Waals surface area contributed by atoms with Gasteiger partial charge in [0.2, 0.25) is 0 Å². The van der Waals surface area contributed by atoms with Gasteiger partial charge in [0.15, 0.2) is 0 Å². The monoisotopic (exact) mass is 452 g/mol. The van der Waals surface area contributed by atoms with Crippen LogP contribution >= 0.6 is 0 Å². The number of carbonyl (C=O) groups is 2. The van der Waals surface area contributed by atoms with E-state index >= 15 is 0 Å². The molecule has 1 heterocycles. The highest BCUT2D eigenvalue weighted by Gasteiger charge is 2.47. The van der Waals surface area contributed by atoms with Crippen molar-refractivity contribution in [2.24, 2.45) is 11.8 Å². The summed E-state index contributed by atoms with van der Waals surface area (Å²) in [5.74, 6) is 0.203. The maximum Gasteiger partial charge on any atom is 0.509 e. The summed E-state index contributed by atoms with van der Waals surface area (Å²) in [6, 6.07) is 0. The minimum absolute atomic E-state index is 0.0318. The third-order valence-electron chi connectivity index (χ3n) is 5.87. The summed E-state index contributed by atoms with van der Waals surface area (Å²) in [7, 11) is 0. The van der Waals surface area contributed by atoms with Crippen LogP contribution in [0.3, 0.4) is 0 Å². The molecule has 0 aromatic carbocycles. The van der Waals surface area contributed by atoms with Crippen molar-refractivity contribution in [2.45, 2.75) is 109 Å². The third-order valence-corrected chi connectivity index (χ3v) is 5.87. The van der Waals surface area contributed by atoms with Gasteiger partial charge in [-0.05, 0) is 58.6 Å². The van der Waals surface area contributed by atoms with E-state index in [9.17, 15) is 14.7 Å². The molecule has 2 aliphatic rings. The second-order valence-corrected chi connectivity index (χ2v) is 9.86. The maximum absolute atomic E-state index is 12.2. The second kappa shape index (κ2) is 12.3. The van der Waals surface area contributed by atoms with E-state index in [1.807, 2.05) is 18.2 Å². The number of allylic oxidation sites excluding steroid dienone is 2. The number of hydrogen-bond acceptors (Lipinski definition) is 6. The van der Waals surface area contributed by atoms with Crippen LogP contribution in [-0.2, 0) is 19.0 Å². The Balaban J connectivity index is 1.97. The minimum atomic E-state index is -0.789. The number of aliphatic hydroxyl groups excluding tert-OH is 1. The summed E-state index contributed by atoms with van der Waals surface area (Å²) in [5, 5.41) is 19.3. The Morgan fingerprint density at radius 3 is 2.66 bits per heavy atom. The molecule has 0 radical (unpaired) electrons. The molecule has 5 atom stereocenters. The van der Waals surface area contributed by atoms with Gasteiger partial charge in [-0.3, -0.25) is 4.79 Å². The van der Waals surface area contributed by atoms with Crippen molar-refractivity contribution in [3.8, 4) is 0 Å². The number of aliphatic hydroxyl groups is 1. The number of ether oxygens (including phenoxy) is 3. The van der Waals surface area contributed by atoms with Crippen molar-refractivity contribution in [1.82, 2.24) is 0 Å². The van der Waals surface area contributed by atoms with Crippen LogP contribution in [-0.4, -0.2) is 46.3 Å². The Morgan fingerprint density at radius 2 is 2.00 bits per heavy atom. The fraction of sp³-hybridized carbons (Fsp3) is 0.760. The molecule has 0 unspecified atom stereocenters. The third kappa shape index (κ3) is 8.85. The second-order valence-electron chi connectivity index (χ2n) is 9.86. The van der Waals surface area contributed by atoms with Crippen molar-refractivity contribution >= 4 is 12.1 Å². The van der Waals surface area contributed by atoms with Gasteiger partial charge in [0.25, 0.3) is 0 Å². The summed E-state index contributed by atoms with van der Waals surface area (Å²) >= 11 is 0. The fourth-order valence-electron chi connectivity index (χ4n) is 4.34. The van der Waals surface area contributed by atoms with Crippen LogP contribution in [0.4, 0.5) is 4.79 Å². The highest BCUT2D eigenvalue weighted by atomic mass is 16.7. The molecular formula is C25H40O7. The van der Waals surface area contributed by atoms with Gasteiger partial charge < -0.3 is 24.4 Å². The van der Waals surface area contributed by atoms with E-state index in [0.717, 1.165) is 31.4 Å². The van der Waals surface area contributed by atoms with Crippen molar-refractivity contribution in [3.63, 3.8) is 0 Å². The number of rotatable bonds is 11. The first kappa shape index (κ1) is 26.2. The molecule has 0 aromatic heterocycles. The minimum Gasteiger partial charge on any atom is -0.495 e.